The van der Waals surface area contributed by atoms with Crippen molar-refractivity contribution in [3.05, 3.63) is 42.6 Å². The summed E-state index contributed by atoms with van der Waals surface area (Å²) in [6, 6.07) is 6.81. The second-order valence-corrected chi connectivity index (χ2v) is 2.19. The molecule has 0 unspecified atom stereocenters. The van der Waals surface area contributed by atoms with Crippen LogP contribution in [0.1, 0.15) is 12.0 Å². The lowest BCUT2D eigenvalue weighted by atomic mass is 10.1. The Kier molecular flexibility index (Phi) is 2.43. The Labute approximate surface area is 60.7 Å². The van der Waals surface area contributed by atoms with Gasteiger partial charge in [0.15, 0.2) is 0 Å². The molecule has 0 aliphatic heterocycles. The number of halogens is 1. The molecule has 0 saturated carbocycles. The predicted molar refractivity (Wildman–Crippen MR) is 40.1 cm³/mol. The average molecular weight is 137 g/mol. The van der Waals surface area contributed by atoms with Crippen LogP contribution in [0.25, 0.3) is 0 Å². The number of hydrogen-bond acceptors (Lipinski definition) is 0. The van der Waals surface area contributed by atoms with Gasteiger partial charge in [0, 0.05) is 0 Å². The third-order valence-corrected chi connectivity index (χ3v) is 1.40. The molecule has 0 saturated heterocycles. The minimum absolute atomic E-state index is 0.119. The summed E-state index contributed by atoms with van der Waals surface area (Å²) >= 11 is 0. The van der Waals surface area contributed by atoms with Crippen LogP contribution < -0.4 is 0 Å². The van der Waals surface area contributed by atoms with E-state index in [9.17, 15) is 4.39 Å². The van der Waals surface area contributed by atoms with Crippen molar-refractivity contribution in [1.29, 1.82) is 0 Å². The van der Waals surface area contributed by atoms with E-state index >= 15 is 0 Å². The second-order valence-electron chi connectivity index (χ2n) is 2.19. The first-order chi connectivity index (χ1) is 4.84. The SMILES string of the molecule is [CH2]CCc1ccccc1F. The van der Waals surface area contributed by atoms with Crippen molar-refractivity contribution >= 4 is 0 Å². The smallest absolute Gasteiger partial charge is 0.126 e. The molecule has 1 rings (SSSR count). The Balaban J connectivity index is 2.81. The van der Waals surface area contributed by atoms with Gasteiger partial charge in [0.1, 0.15) is 5.82 Å². The van der Waals surface area contributed by atoms with Crippen molar-refractivity contribution in [3.63, 3.8) is 0 Å². The lowest BCUT2D eigenvalue weighted by molar-refractivity contribution is 0.609. The summed E-state index contributed by atoms with van der Waals surface area (Å²) < 4.78 is 12.7. The summed E-state index contributed by atoms with van der Waals surface area (Å²) in [5.41, 5.74) is 0.762. The number of hydrogen-bond donors (Lipinski definition) is 0. The molecule has 0 bridgehead atoms. The highest BCUT2D eigenvalue weighted by molar-refractivity contribution is 5.17. The maximum Gasteiger partial charge on any atom is 0.126 e. The Morgan fingerprint density at radius 3 is 2.60 bits per heavy atom. The first-order valence-electron chi connectivity index (χ1n) is 3.37. The molecule has 0 spiro atoms. The largest absolute Gasteiger partial charge is 0.207 e. The van der Waals surface area contributed by atoms with E-state index in [1.165, 1.54) is 6.07 Å². The molecule has 0 aliphatic rings. The third-order valence-electron chi connectivity index (χ3n) is 1.40. The normalized spacial score (nSPS) is 9.80. The number of rotatable bonds is 2. The minimum Gasteiger partial charge on any atom is -0.207 e. The van der Waals surface area contributed by atoms with Crippen molar-refractivity contribution in [3.8, 4) is 0 Å². The van der Waals surface area contributed by atoms with Crippen molar-refractivity contribution in [2.24, 2.45) is 0 Å². The fourth-order valence-corrected chi connectivity index (χ4v) is 0.892. The van der Waals surface area contributed by atoms with Crippen LogP contribution in [0, 0.1) is 12.7 Å². The third kappa shape index (κ3) is 1.56. The van der Waals surface area contributed by atoms with Crippen LogP contribution in [0.2, 0.25) is 0 Å². The predicted octanol–water partition coefficient (Wildman–Crippen LogP) is 2.59. The zero-order valence-electron chi connectivity index (χ0n) is 5.81. The molecule has 1 aromatic carbocycles. The number of aryl methyl sites for hydroxylation is 1. The van der Waals surface area contributed by atoms with E-state index in [0.717, 1.165) is 18.4 Å². The van der Waals surface area contributed by atoms with Crippen LogP contribution in [0.3, 0.4) is 0 Å². The van der Waals surface area contributed by atoms with Crippen molar-refractivity contribution < 1.29 is 4.39 Å². The highest BCUT2D eigenvalue weighted by atomic mass is 19.1. The van der Waals surface area contributed by atoms with Gasteiger partial charge in [0.25, 0.3) is 0 Å². The topological polar surface area (TPSA) is 0 Å². The van der Waals surface area contributed by atoms with E-state index < -0.39 is 0 Å². The first-order valence-corrected chi connectivity index (χ1v) is 3.37. The summed E-state index contributed by atoms with van der Waals surface area (Å²) in [6.07, 6.45) is 1.48. The van der Waals surface area contributed by atoms with E-state index in [-0.39, 0.29) is 5.82 Å². The molecule has 0 atom stereocenters. The Bertz CT molecular complexity index is 206. The van der Waals surface area contributed by atoms with Crippen LogP contribution >= 0.6 is 0 Å². The fourth-order valence-electron chi connectivity index (χ4n) is 0.892. The van der Waals surface area contributed by atoms with Gasteiger partial charge < -0.3 is 0 Å². The summed E-state index contributed by atoms with van der Waals surface area (Å²) in [7, 11) is 0. The van der Waals surface area contributed by atoms with E-state index in [1.807, 2.05) is 6.07 Å². The Morgan fingerprint density at radius 2 is 2.00 bits per heavy atom. The molecule has 0 heterocycles. The summed E-state index contributed by atoms with van der Waals surface area (Å²) in [6.45, 7) is 3.66. The molecule has 0 amide bonds. The van der Waals surface area contributed by atoms with Crippen LogP contribution in [0.4, 0.5) is 4.39 Å². The molecule has 10 heavy (non-hydrogen) atoms. The quantitative estimate of drug-likeness (QED) is 0.587. The molecule has 0 N–H and O–H groups in total. The van der Waals surface area contributed by atoms with Crippen molar-refractivity contribution in [2.75, 3.05) is 0 Å². The molecule has 1 heteroatoms. The molecule has 53 valence electrons. The molecule has 1 aromatic rings. The van der Waals surface area contributed by atoms with Gasteiger partial charge >= 0.3 is 0 Å². The molecule has 0 fully saturated rings. The van der Waals surface area contributed by atoms with Gasteiger partial charge in [0.2, 0.25) is 0 Å². The average Bonchev–Trinajstić information content (AvgIpc) is 1.94. The van der Waals surface area contributed by atoms with Crippen molar-refractivity contribution in [1.82, 2.24) is 0 Å². The molecule has 0 nitrogen and oxygen atoms in total. The maximum absolute atomic E-state index is 12.7. The van der Waals surface area contributed by atoms with E-state index in [2.05, 4.69) is 6.92 Å². The molecule has 0 aliphatic carbocycles. The highest BCUT2D eigenvalue weighted by Crippen LogP contribution is 2.07. The standard InChI is InChI=1S/C9H10F/c1-2-5-8-6-3-4-7-9(8)10/h3-4,6-7H,1-2,5H2. The van der Waals surface area contributed by atoms with Crippen LogP contribution in [-0.2, 0) is 6.42 Å². The monoisotopic (exact) mass is 137 g/mol. The van der Waals surface area contributed by atoms with E-state index in [1.54, 1.807) is 12.1 Å². The first kappa shape index (κ1) is 7.26. The Morgan fingerprint density at radius 1 is 1.30 bits per heavy atom. The van der Waals surface area contributed by atoms with Gasteiger partial charge in [-0.05, 0) is 24.5 Å². The fraction of sp³-hybridized carbons (Fsp3) is 0.222. The lowest BCUT2D eigenvalue weighted by Gasteiger charge is -1.97. The molecule has 0 aromatic heterocycles. The van der Waals surface area contributed by atoms with Crippen LogP contribution in [-0.4, -0.2) is 0 Å². The lowest BCUT2D eigenvalue weighted by Crippen LogP contribution is -1.87. The van der Waals surface area contributed by atoms with Gasteiger partial charge in [-0.1, -0.05) is 25.1 Å². The van der Waals surface area contributed by atoms with Gasteiger partial charge in [0.05, 0.1) is 0 Å². The molecular formula is C9H10F. The van der Waals surface area contributed by atoms with Crippen LogP contribution in [0.5, 0.6) is 0 Å². The van der Waals surface area contributed by atoms with Gasteiger partial charge in [-0.25, -0.2) is 4.39 Å². The maximum atomic E-state index is 12.7. The summed E-state index contributed by atoms with van der Waals surface area (Å²) in [5, 5.41) is 0. The summed E-state index contributed by atoms with van der Waals surface area (Å²) in [4.78, 5) is 0. The highest BCUT2D eigenvalue weighted by Gasteiger charge is 1.96. The number of benzene rings is 1. The Hall–Kier alpha value is -0.850. The zero-order chi connectivity index (χ0) is 7.40. The molecular weight excluding hydrogens is 127 g/mol. The van der Waals surface area contributed by atoms with Gasteiger partial charge in [-0.3, -0.25) is 0 Å². The van der Waals surface area contributed by atoms with Gasteiger partial charge in [-0.15, -0.1) is 0 Å². The van der Waals surface area contributed by atoms with Crippen molar-refractivity contribution in [2.45, 2.75) is 12.8 Å². The zero-order valence-corrected chi connectivity index (χ0v) is 5.81. The van der Waals surface area contributed by atoms with E-state index in [4.69, 9.17) is 0 Å². The minimum atomic E-state index is -0.119. The molecule has 1 radical (unpaired) electrons. The second kappa shape index (κ2) is 3.35. The van der Waals surface area contributed by atoms with Crippen LogP contribution in [0.15, 0.2) is 24.3 Å². The summed E-state index contributed by atoms with van der Waals surface area (Å²) in [5.74, 6) is -0.119. The van der Waals surface area contributed by atoms with Gasteiger partial charge in [-0.2, -0.15) is 0 Å². The van der Waals surface area contributed by atoms with E-state index in [0.29, 0.717) is 0 Å².